The Morgan fingerprint density at radius 2 is 1.54 bits per heavy atom. The van der Waals surface area contributed by atoms with Crippen LogP contribution in [-0.2, 0) is 19.6 Å². The molecule has 0 spiro atoms. The molecule has 0 aliphatic carbocycles. The predicted octanol–water partition coefficient (Wildman–Crippen LogP) is 4.33. The Hall–Kier alpha value is -1.94. The highest BCUT2D eigenvalue weighted by Crippen LogP contribution is 2.17. The first kappa shape index (κ1) is 20.4. The molecule has 2 rings (SSSR count). The molecule has 0 fully saturated rings. The van der Waals surface area contributed by atoms with E-state index in [9.17, 15) is 15.3 Å². The maximum absolute atomic E-state index is 9.77. The largest absolute Gasteiger partial charge is 0.392 e. The van der Waals surface area contributed by atoms with Crippen molar-refractivity contribution in [2.75, 3.05) is 0 Å². The van der Waals surface area contributed by atoms with E-state index in [2.05, 4.69) is 30.3 Å². The molecule has 0 aromatic heterocycles. The number of aliphatic hydroxyl groups excluding tert-OH is 2. The molecule has 26 heavy (non-hydrogen) atoms. The van der Waals surface area contributed by atoms with Crippen LogP contribution in [0.1, 0.15) is 60.9 Å². The first-order valence-corrected chi connectivity index (χ1v) is 9.24. The third-order valence-corrected chi connectivity index (χ3v) is 4.49. The van der Waals surface area contributed by atoms with Crippen molar-refractivity contribution >= 4 is 12.2 Å². The number of hydrogen-bond donors (Lipinski definition) is 3. The minimum atomic E-state index is -0.580. The van der Waals surface area contributed by atoms with E-state index in [4.69, 9.17) is 0 Å². The molecule has 0 amide bonds. The second kappa shape index (κ2) is 9.67. The molecule has 0 atom stereocenters. The standard InChI is InChI=1S/C23H30O3/c1-23(2,26)13-4-3-6-18-7-5-8-19(14-18)9-10-20-11-12-21(16-24)22(15-20)17-25/h5,7-12,14-15,24-26H,3-4,6,13,16-17H2,1-2H3/b10-9+. The summed E-state index contributed by atoms with van der Waals surface area (Å²) < 4.78 is 0. The molecule has 0 aliphatic heterocycles. The van der Waals surface area contributed by atoms with E-state index in [1.165, 1.54) is 5.56 Å². The molecular formula is C23H30O3. The second-order valence-electron chi connectivity index (χ2n) is 7.44. The number of aryl methyl sites for hydroxylation is 1. The Morgan fingerprint density at radius 1 is 0.846 bits per heavy atom. The molecule has 2 aromatic carbocycles. The lowest BCUT2D eigenvalue weighted by atomic mass is 9.98. The Bertz CT molecular complexity index is 726. The lowest BCUT2D eigenvalue weighted by molar-refractivity contribution is 0.0682. The fourth-order valence-corrected chi connectivity index (χ4v) is 2.98. The van der Waals surface area contributed by atoms with E-state index in [-0.39, 0.29) is 13.2 Å². The molecule has 0 saturated heterocycles. The second-order valence-corrected chi connectivity index (χ2v) is 7.44. The first-order valence-electron chi connectivity index (χ1n) is 9.24. The summed E-state index contributed by atoms with van der Waals surface area (Å²) in [6.45, 7) is 3.58. The predicted molar refractivity (Wildman–Crippen MR) is 108 cm³/mol. The Labute approximate surface area is 156 Å². The third kappa shape index (κ3) is 6.75. The quantitative estimate of drug-likeness (QED) is 0.464. The molecule has 0 heterocycles. The summed E-state index contributed by atoms with van der Waals surface area (Å²) in [5.41, 5.74) is 4.38. The van der Waals surface area contributed by atoms with Crippen LogP contribution in [0, 0.1) is 0 Å². The third-order valence-electron chi connectivity index (χ3n) is 4.49. The summed E-state index contributed by atoms with van der Waals surface area (Å²) in [4.78, 5) is 0. The van der Waals surface area contributed by atoms with Crippen LogP contribution in [0.5, 0.6) is 0 Å². The van der Waals surface area contributed by atoms with Gasteiger partial charge in [-0.15, -0.1) is 0 Å². The van der Waals surface area contributed by atoms with Gasteiger partial charge in [0.25, 0.3) is 0 Å². The first-order chi connectivity index (χ1) is 12.4. The van der Waals surface area contributed by atoms with Gasteiger partial charge in [0.15, 0.2) is 0 Å². The van der Waals surface area contributed by atoms with E-state index in [1.807, 2.05) is 38.1 Å². The zero-order valence-corrected chi connectivity index (χ0v) is 15.8. The summed E-state index contributed by atoms with van der Waals surface area (Å²) in [5.74, 6) is 0. The van der Waals surface area contributed by atoms with Crippen molar-refractivity contribution in [3.05, 3.63) is 70.3 Å². The minimum Gasteiger partial charge on any atom is -0.392 e. The molecular weight excluding hydrogens is 324 g/mol. The molecule has 0 bridgehead atoms. The molecule has 3 N–H and O–H groups in total. The number of hydrogen-bond acceptors (Lipinski definition) is 3. The summed E-state index contributed by atoms with van der Waals surface area (Å²) in [5, 5.41) is 28.4. The van der Waals surface area contributed by atoms with Gasteiger partial charge in [-0.3, -0.25) is 0 Å². The van der Waals surface area contributed by atoms with Gasteiger partial charge in [-0.1, -0.05) is 55.0 Å². The molecule has 0 radical (unpaired) electrons. The normalized spacial score (nSPS) is 12.0. The van der Waals surface area contributed by atoms with Gasteiger partial charge in [-0.05, 0) is 67.0 Å². The van der Waals surface area contributed by atoms with Crippen LogP contribution in [-0.4, -0.2) is 20.9 Å². The number of unbranched alkanes of at least 4 members (excludes halogenated alkanes) is 1. The number of benzene rings is 2. The van der Waals surface area contributed by atoms with Gasteiger partial charge < -0.3 is 15.3 Å². The van der Waals surface area contributed by atoms with Gasteiger partial charge in [0.1, 0.15) is 0 Å². The van der Waals surface area contributed by atoms with E-state index in [0.29, 0.717) is 0 Å². The lowest BCUT2D eigenvalue weighted by Crippen LogP contribution is -2.17. The topological polar surface area (TPSA) is 60.7 Å². The smallest absolute Gasteiger partial charge is 0.0685 e. The van der Waals surface area contributed by atoms with Gasteiger partial charge in [-0.2, -0.15) is 0 Å². The van der Waals surface area contributed by atoms with E-state index >= 15 is 0 Å². The lowest BCUT2D eigenvalue weighted by Gasteiger charge is -2.16. The Kier molecular flexibility index (Phi) is 7.58. The highest BCUT2D eigenvalue weighted by Gasteiger charge is 2.11. The van der Waals surface area contributed by atoms with Crippen molar-refractivity contribution in [1.29, 1.82) is 0 Å². The van der Waals surface area contributed by atoms with E-state index < -0.39 is 5.60 Å². The van der Waals surface area contributed by atoms with Gasteiger partial charge in [0.05, 0.1) is 18.8 Å². The molecule has 0 unspecified atom stereocenters. The van der Waals surface area contributed by atoms with Crippen molar-refractivity contribution in [1.82, 2.24) is 0 Å². The molecule has 2 aromatic rings. The van der Waals surface area contributed by atoms with Crippen LogP contribution in [0.3, 0.4) is 0 Å². The number of aliphatic hydroxyl groups is 3. The highest BCUT2D eigenvalue weighted by molar-refractivity contribution is 5.70. The van der Waals surface area contributed by atoms with Gasteiger partial charge >= 0.3 is 0 Å². The van der Waals surface area contributed by atoms with Crippen LogP contribution in [0.15, 0.2) is 42.5 Å². The molecule has 140 valence electrons. The van der Waals surface area contributed by atoms with Crippen LogP contribution in [0.25, 0.3) is 12.2 Å². The molecule has 3 nitrogen and oxygen atoms in total. The van der Waals surface area contributed by atoms with E-state index in [1.54, 1.807) is 0 Å². The summed E-state index contributed by atoms with van der Waals surface area (Å²) in [7, 11) is 0. The van der Waals surface area contributed by atoms with Crippen LogP contribution >= 0.6 is 0 Å². The molecule has 0 aliphatic rings. The van der Waals surface area contributed by atoms with Crippen molar-refractivity contribution < 1.29 is 15.3 Å². The fraction of sp³-hybridized carbons (Fsp3) is 0.391. The van der Waals surface area contributed by atoms with Crippen LogP contribution < -0.4 is 0 Å². The SMILES string of the molecule is CC(C)(O)CCCCc1cccc(/C=C/c2ccc(CO)c(CO)c2)c1. The van der Waals surface area contributed by atoms with Crippen molar-refractivity contribution in [2.24, 2.45) is 0 Å². The summed E-state index contributed by atoms with van der Waals surface area (Å²) in [6.07, 6.45) is 8.01. The maximum atomic E-state index is 9.77. The average Bonchev–Trinajstić information content (AvgIpc) is 2.63. The fourth-order valence-electron chi connectivity index (χ4n) is 2.98. The molecule has 0 saturated carbocycles. The number of rotatable bonds is 9. The van der Waals surface area contributed by atoms with Crippen molar-refractivity contribution in [3.8, 4) is 0 Å². The maximum Gasteiger partial charge on any atom is 0.0685 e. The van der Waals surface area contributed by atoms with Crippen LogP contribution in [0.4, 0.5) is 0 Å². The average molecular weight is 354 g/mol. The summed E-state index contributed by atoms with van der Waals surface area (Å²) in [6, 6.07) is 14.2. The van der Waals surface area contributed by atoms with Crippen molar-refractivity contribution in [3.63, 3.8) is 0 Å². The van der Waals surface area contributed by atoms with Gasteiger partial charge in [0.2, 0.25) is 0 Å². The van der Waals surface area contributed by atoms with E-state index in [0.717, 1.165) is 47.9 Å². The monoisotopic (exact) mass is 354 g/mol. The minimum absolute atomic E-state index is 0.0601. The van der Waals surface area contributed by atoms with Gasteiger partial charge in [0, 0.05) is 0 Å². The zero-order chi connectivity index (χ0) is 19.0. The highest BCUT2D eigenvalue weighted by atomic mass is 16.3. The van der Waals surface area contributed by atoms with Gasteiger partial charge in [-0.25, -0.2) is 0 Å². The van der Waals surface area contributed by atoms with Crippen LogP contribution in [0.2, 0.25) is 0 Å². The molecule has 3 heteroatoms. The Morgan fingerprint density at radius 3 is 2.19 bits per heavy atom. The summed E-state index contributed by atoms with van der Waals surface area (Å²) >= 11 is 0. The zero-order valence-electron chi connectivity index (χ0n) is 15.8. The Balaban J connectivity index is 1.98. The van der Waals surface area contributed by atoms with Crippen molar-refractivity contribution in [2.45, 2.75) is 58.3 Å².